The number of nitrogens with zero attached hydrogens (tertiary/aromatic N) is 2. The van der Waals surface area contributed by atoms with Crippen molar-refractivity contribution in [1.29, 1.82) is 0 Å². The van der Waals surface area contributed by atoms with Gasteiger partial charge in [0.2, 0.25) is 0 Å². The lowest BCUT2D eigenvalue weighted by atomic mass is 9.98. The summed E-state index contributed by atoms with van der Waals surface area (Å²) in [5.74, 6) is 0.398. The summed E-state index contributed by atoms with van der Waals surface area (Å²) in [6.45, 7) is 8.04. The molecular formula is C21H31N4O2S+. The van der Waals surface area contributed by atoms with Crippen LogP contribution in [0, 0.1) is 0 Å². The Labute approximate surface area is 170 Å². The minimum atomic E-state index is -0.251. The van der Waals surface area contributed by atoms with E-state index < -0.39 is 0 Å². The lowest BCUT2D eigenvalue weighted by Crippen LogP contribution is -3.11. The first-order chi connectivity index (χ1) is 13.2. The fourth-order valence-corrected chi connectivity index (χ4v) is 4.73. The number of amides is 2. The SMILES string of the molecule is C[NH+](CC(=O)NC(C)(C)C)CC(=O)N1CCC[C@@H](c2nc3ccccc3s2)C1. The fourth-order valence-electron chi connectivity index (χ4n) is 3.64. The van der Waals surface area contributed by atoms with Crippen molar-refractivity contribution in [1.82, 2.24) is 15.2 Å². The van der Waals surface area contributed by atoms with Crippen LogP contribution in [-0.4, -0.2) is 60.5 Å². The third-order valence-electron chi connectivity index (χ3n) is 4.86. The molecule has 1 aromatic carbocycles. The van der Waals surface area contributed by atoms with E-state index in [1.54, 1.807) is 11.3 Å². The summed E-state index contributed by atoms with van der Waals surface area (Å²) >= 11 is 1.74. The molecule has 1 aromatic heterocycles. The molecule has 2 N–H and O–H groups in total. The third kappa shape index (κ3) is 5.52. The number of hydrogen-bond acceptors (Lipinski definition) is 4. The summed E-state index contributed by atoms with van der Waals surface area (Å²) in [6, 6.07) is 8.19. The molecule has 152 valence electrons. The minimum Gasteiger partial charge on any atom is -0.347 e. The van der Waals surface area contributed by atoms with Crippen molar-refractivity contribution in [2.75, 3.05) is 33.2 Å². The van der Waals surface area contributed by atoms with Crippen molar-refractivity contribution < 1.29 is 14.5 Å². The molecule has 0 aliphatic carbocycles. The molecule has 1 unspecified atom stereocenters. The Morgan fingerprint density at radius 2 is 2.04 bits per heavy atom. The van der Waals surface area contributed by atoms with Crippen LogP contribution in [0.2, 0.25) is 0 Å². The summed E-state index contributed by atoms with van der Waals surface area (Å²) in [7, 11) is 1.90. The van der Waals surface area contributed by atoms with Gasteiger partial charge in [-0.1, -0.05) is 12.1 Å². The van der Waals surface area contributed by atoms with Crippen molar-refractivity contribution in [2.24, 2.45) is 0 Å². The minimum absolute atomic E-state index is 0.0243. The summed E-state index contributed by atoms with van der Waals surface area (Å²) in [5.41, 5.74) is 0.790. The number of carbonyl (C=O) groups excluding carboxylic acids is 2. The van der Waals surface area contributed by atoms with Crippen LogP contribution in [0.3, 0.4) is 0 Å². The number of fused-ring (bicyclic) bond motifs is 1. The van der Waals surface area contributed by atoms with Crippen molar-refractivity contribution in [2.45, 2.75) is 45.1 Å². The van der Waals surface area contributed by atoms with Gasteiger partial charge in [0, 0.05) is 24.5 Å². The Kier molecular flexibility index (Phi) is 6.35. The van der Waals surface area contributed by atoms with Gasteiger partial charge in [0.1, 0.15) is 0 Å². The van der Waals surface area contributed by atoms with E-state index in [0.717, 1.165) is 41.4 Å². The predicted molar refractivity (Wildman–Crippen MR) is 113 cm³/mol. The molecule has 2 heterocycles. The van der Waals surface area contributed by atoms with Gasteiger partial charge in [0.05, 0.1) is 22.3 Å². The van der Waals surface area contributed by atoms with Gasteiger partial charge in [0.15, 0.2) is 13.1 Å². The molecule has 0 spiro atoms. The Morgan fingerprint density at radius 1 is 1.29 bits per heavy atom. The molecule has 1 aliphatic heterocycles. The number of thiazole rings is 1. The van der Waals surface area contributed by atoms with Crippen molar-refractivity contribution in [3.05, 3.63) is 29.3 Å². The van der Waals surface area contributed by atoms with Gasteiger partial charge in [-0.3, -0.25) is 9.59 Å². The third-order valence-corrected chi connectivity index (χ3v) is 6.06. The molecule has 0 radical (unpaired) electrons. The second-order valence-electron chi connectivity index (χ2n) is 8.81. The quantitative estimate of drug-likeness (QED) is 0.794. The smallest absolute Gasteiger partial charge is 0.277 e. The van der Waals surface area contributed by atoms with Crippen LogP contribution in [0.4, 0.5) is 0 Å². The van der Waals surface area contributed by atoms with Gasteiger partial charge in [-0.15, -0.1) is 11.3 Å². The molecule has 0 bridgehead atoms. The van der Waals surface area contributed by atoms with Crippen LogP contribution in [0.15, 0.2) is 24.3 Å². The molecule has 1 saturated heterocycles. The zero-order valence-electron chi connectivity index (χ0n) is 17.2. The summed E-state index contributed by atoms with van der Waals surface area (Å²) in [4.78, 5) is 32.5. The highest BCUT2D eigenvalue weighted by Gasteiger charge is 2.29. The first kappa shape index (κ1) is 20.7. The Balaban J connectivity index is 1.56. The zero-order chi connectivity index (χ0) is 20.3. The van der Waals surface area contributed by atoms with Crippen LogP contribution < -0.4 is 10.2 Å². The molecule has 7 heteroatoms. The monoisotopic (exact) mass is 403 g/mol. The molecule has 2 aromatic rings. The lowest BCUT2D eigenvalue weighted by Gasteiger charge is -2.32. The van der Waals surface area contributed by atoms with E-state index in [0.29, 0.717) is 19.0 Å². The number of likely N-dealkylation sites (N-methyl/N-ethyl adjacent to an activating group) is 1. The first-order valence-corrected chi connectivity index (χ1v) is 10.8. The molecular weight excluding hydrogens is 372 g/mol. The van der Waals surface area contributed by atoms with Crippen LogP contribution in [0.5, 0.6) is 0 Å². The van der Waals surface area contributed by atoms with Gasteiger partial charge in [0.25, 0.3) is 11.8 Å². The van der Waals surface area contributed by atoms with E-state index in [9.17, 15) is 9.59 Å². The van der Waals surface area contributed by atoms with Crippen LogP contribution >= 0.6 is 11.3 Å². The molecule has 0 saturated carbocycles. The highest BCUT2D eigenvalue weighted by atomic mass is 32.1. The molecule has 1 aliphatic rings. The topological polar surface area (TPSA) is 66.7 Å². The van der Waals surface area contributed by atoms with E-state index in [4.69, 9.17) is 4.98 Å². The number of nitrogens with one attached hydrogen (secondary N) is 2. The maximum atomic E-state index is 12.8. The Morgan fingerprint density at radius 3 is 2.75 bits per heavy atom. The zero-order valence-corrected chi connectivity index (χ0v) is 18.1. The van der Waals surface area contributed by atoms with E-state index in [-0.39, 0.29) is 17.4 Å². The second-order valence-corrected chi connectivity index (χ2v) is 9.87. The van der Waals surface area contributed by atoms with Gasteiger partial charge in [-0.05, 0) is 45.7 Å². The number of benzene rings is 1. The van der Waals surface area contributed by atoms with E-state index in [1.165, 1.54) is 4.70 Å². The standard InChI is InChI=1S/C21H30N4O2S/c1-21(2,3)23-18(26)13-24(4)14-19(27)25-11-7-8-15(12-25)20-22-16-9-5-6-10-17(16)28-20/h5-6,9-10,15H,7-8,11-14H2,1-4H3,(H,23,26)/p+1/t15-/m1/s1. The molecule has 1 fully saturated rings. The average molecular weight is 404 g/mol. The molecule has 2 atom stereocenters. The summed E-state index contributed by atoms with van der Waals surface area (Å²) < 4.78 is 1.20. The van der Waals surface area contributed by atoms with E-state index >= 15 is 0 Å². The van der Waals surface area contributed by atoms with Gasteiger partial charge in [-0.25, -0.2) is 4.98 Å². The highest BCUT2D eigenvalue weighted by Crippen LogP contribution is 2.32. The number of hydrogen-bond donors (Lipinski definition) is 2. The van der Waals surface area contributed by atoms with Crippen molar-refractivity contribution in [3.63, 3.8) is 0 Å². The van der Waals surface area contributed by atoms with Gasteiger partial charge in [-0.2, -0.15) is 0 Å². The normalized spacial score (nSPS) is 18.9. The Bertz CT molecular complexity index is 809. The van der Waals surface area contributed by atoms with E-state index in [1.807, 2.05) is 50.9 Å². The molecule has 28 heavy (non-hydrogen) atoms. The van der Waals surface area contributed by atoms with Crippen LogP contribution in [0.25, 0.3) is 10.2 Å². The molecule has 2 amide bonds. The number of piperidine rings is 1. The number of quaternary nitrogens is 1. The van der Waals surface area contributed by atoms with Crippen molar-refractivity contribution in [3.8, 4) is 0 Å². The number of rotatable bonds is 5. The molecule has 6 nitrogen and oxygen atoms in total. The maximum absolute atomic E-state index is 12.8. The fraction of sp³-hybridized carbons (Fsp3) is 0.571. The highest BCUT2D eigenvalue weighted by molar-refractivity contribution is 7.18. The largest absolute Gasteiger partial charge is 0.347 e. The number of carbonyl (C=O) groups is 2. The predicted octanol–water partition coefficient (Wildman–Crippen LogP) is 1.43. The first-order valence-electron chi connectivity index (χ1n) is 9.97. The van der Waals surface area contributed by atoms with Gasteiger partial charge < -0.3 is 15.1 Å². The summed E-state index contributed by atoms with van der Waals surface area (Å²) in [6.07, 6.45) is 2.07. The second kappa shape index (κ2) is 8.57. The lowest BCUT2D eigenvalue weighted by molar-refractivity contribution is -0.863. The van der Waals surface area contributed by atoms with Gasteiger partial charge >= 0.3 is 0 Å². The number of likely N-dealkylation sites (tertiary alicyclic amines) is 1. The number of aromatic nitrogens is 1. The molecule has 3 rings (SSSR count). The summed E-state index contributed by atoms with van der Waals surface area (Å²) in [5, 5.41) is 4.08. The van der Waals surface area contributed by atoms with E-state index in [2.05, 4.69) is 11.4 Å². The van der Waals surface area contributed by atoms with Crippen molar-refractivity contribution >= 4 is 33.4 Å². The van der Waals surface area contributed by atoms with Crippen LogP contribution in [0.1, 0.15) is 44.5 Å². The van der Waals surface area contributed by atoms with Crippen LogP contribution in [-0.2, 0) is 9.59 Å². The average Bonchev–Trinajstić information content (AvgIpc) is 3.04. The number of para-hydroxylation sites is 1. The maximum Gasteiger partial charge on any atom is 0.277 e. The Hall–Kier alpha value is -1.99.